The topological polar surface area (TPSA) is 70.2 Å². The van der Waals surface area contributed by atoms with E-state index in [1.165, 1.54) is 0 Å². The van der Waals surface area contributed by atoms with E-state index in [0.29, 0.717) is 5.56 Å². The molecule has 1 atom stereocenters. The van der Waals surface area contributed by atoms with Crippen molar-refractivity contribution in [2.45, 2.75) is 39.3 Å². The van der Waals surface area contributed by atoms with E-state index >= 15 is 0 Å². The normalized spacial score (nSPS) is 11.7. The minimum Gasteiger partial charge on any atom is -0.376 e. The number of carbonyl (C=O) groups excluding carboxylic acids is 2. The molecule has 0 aromatic heterocycles. The number of carbonyl (C=O) groups is 2. The van der Waals surface area contributed by atoms with Gasteiger partial charge in [0.1, 0.15) is 0 Å². The van der Waals surface area contributed by atoms with Gasteiger partial charge in [0.2, 0.25) is 5.91 Å². The highest BCUT2D eigenvalue weighted by atomic mass is 16.2. The molecule has 0 fully saturated rings. The summed E-state index contributed by atoms with van der Waals surface area (Å²) in [4.78, 5) is 24.1. The second-order valence-corrected chi connectivity index (χ2v) is 6.50. The molecule has 2 amide bonds. The molecule has 2 aromatic rings. The van der Waals surface area contributed by atoms with E-state index in [0.717, 1.165) is 17.7 Å². The Hall–Kier alpha value is -2.82. The second-order valence-electron chi connectivity index (χ2n) is 6.50. The molecule has 2 rings (SSSR count). The highest BCUT2D eigenvalue weighted by molar-refractivity contribution is 5.94. The summed E-state index contributed by atoms with van der Waals surface area (Å²) in [6, 6.07) is 17.1. The van der Waals surface area contributed by atoms with Crippen LogP contribution in [-0.2, 0) is 4.79 Å². The summed E-state index contributed by atoms with van der Waals surface area (Å²) < 4.78 is 0. The van der Waals surface area contributed by atoms with Gasteiger partial charge in [-0.1, -0.05) is 37.3 Å². The predicted octanol–water partition coefficient (Wildman–Crippen LogP) is 3.50. The molecule has 0 aliphatic heterocycles. The van der Waals surface area contributed by atoms with Crippen LogP contribution >= 0.6 is 0 Å². The Kier molecular flexibility index (Phi) is 7.21. The maximum atomic E-state index is 12.2. The van der Waals surface area contributed by atoms with Crippen LogP contribution in [0, 0.1) is 0 Å². The lowest BCUT2D eigenvalue weighted by Crippen LogP contribution is -2.33. The van der Waals surface area contributed by atoms with Crippen LogP contribution in [0.3, 0.4) is 0 Å². The van der Waals surface area contributed by atoms with Gasteiger partial charge in [0.15, 0.2) is 0 Å². The summed E-state index contributed by atoms with van der Waals surface area (Å²) in [5.41, 5.74) is 2.50. The van der Waals surface area contributed by atoms with Gasteiger partial charge in [0.25, 0.3) is 5.91 Å². The number of nitrogens with one attached hydrogen (secondary N) is 3. The fourth-order valence-electron chi connectivity index (χ4n) is 2.62. The average Bonchev–Trinajstić information content (AvgIpc) is 2.65. The Labute approximate surface area is 155 Å². The van der Waals surface area contributed by atoms with Gasteiger partial charge in [-0.25, -0.2) is 0 Å². The summed E-state index contributed by atoms with van der Waals surface area (Å²) in [6.07, 6.45) is 0.829. The number of benzene rings is 2. The summed E-state index contributed by atoms with van der Waals surface area (Å²) in [7, 11) is 0. The number of hydrogen-bond acceptors (Lipinski definition) is 3. The monoisotopic (exact) mass is 353 g/mol. The summed E-state index contributed by atoms with van der Waals surface area (Å²) >= 11 is 0. The number of rotatable bonds is 8. The third kappa shape index (κ3) is 5.92. The lowest BCUT2D eigenvalue weighted by Gasteiger charge is -2.18. The third-order valence-corrected chi connectivity index (χ3v) is 3.97. The van der Waals surface area contributed by atoms with Gasteiger partial charge in [-0.2, -0.15) is 0 Å². The minimum absolute atomic E-state index is 0.00704. The van der Waals surface area contributed by atoms with E-state index < -0.39 is 0 Å². The van der Waals surface area contributed by atoms with E-state index in [9.17, 15) is 9.59 Å². The Morgan fingerprint density at radius 1 is 0.923 bits per heavy atom. The smallest absolute Gasteiger partial charge is 0.251 e. The summed E-state index contributed by atoms with van der Waals surface area (Å²) in [6.45, 7) is 6.07. The van der Waals surface area contributed by atoms with Gasteiger partial charge >= 0.3 is 0 Å². The molecule has 0 spiro atoms. The third-order valence-electron chi connectivity index (χ3n) is 3.97. The van der Waals surface area contributed by atoms with E-state index in [1.807, 2.05) is 51.1 Å². The summed E-state index contributed by atoms with van der Waals surface area (Å²) in [5.74, 6) is -0.166. The predicted molar refractivity (Wildman–Crippen MR) is 105 cm³/mol. The maximum absolute atomic E-state index is 12.2. The first-order chi connectivity index (χ1) is 12.5. The van der Waals surface area contributed by atoms with Crippen molar-refractivity contribution in [2.24, 2.45) is 0 Å². The van der Waals surface area contributed by atoms with E-state index in [1.54, 1.807) is 24.3 Å². The molecular formula is C21H27N3O2. The van der Waals surface area contributed by atoms with Crippen LogP contribution in [-0.4, -0.2) is 24.4 Å². The highest BCUT2D eigenvalue weighted by Crippen LogP contribution is 2.16. The van der Waals surface area contributed by atoms with Crippen molar-refractivity contribution in [3.8, 4) is 0 Å². The fourth-order valence-corrected chi connectivity index (χ4v) is 2.62. The minimum atomic E-state index is -0.0991. The van der Waals surface area contributed by atoms with E-state index in [4.69, 9.17) is 0 Å². The van der Waals surface area contributed by atoms with Crippen LogP contribution in [0.15, 0.2) is 54.6 Å². The van der Waals surface area contributed by atoms with Crippen molar-refractivity contribution >= 4 is 17.5 Å². The Balaban J connectivity index is 1.86. The first-order valence-electron chi connectivity index (χ1n) is 8.98. The largest absolute Gasteiger partial charge is 0.376 e. The number of hydrogen-bond donors (Lipinski definition) is 3. The first kappa shape index (κ1) is 19.5. The molecule has 0 bridgehead atoms. The van der Waals surface area contributed by atoms with Crippen LogP contribution in [0.25, 0.3) is 0 Å². The van der Waals surface area contributed by atoms with Crippen molar-refractivity contribution in [2.75, 3.05) is 11.9 Å². The van der Waals surface area contributed by atoms with Crippen molar-refractivity contribution in [3.63, 3.8) is 0 Å². The molecule has 1 unspecified atom stereocenters. The quantitative estimate of drug-likeness (QED) is 0.680. The molecule has 5 heteroatoms. The van der Waals surface area contributed by atoms with Gasteiger partial charge < -0.3 is 16.0 Å². The van der Waals surface area contributed by atoms with E-state index in [2.05, 4.69) is 16.0 Å². The lowest BCUT2D eigenvalue weighted by molar-refractivity contribution is -0.120. The van der Waals surface area contributed by atoms with Gasteiger partial charge in [-0.05, 0) is 50.1 Å². The zero-order chi connectivity index (χ0) is 18.9. The zero-order valence-electron chi connectivity index (χ0n) is 15.6. The molecule has 3 N–H and O–H groups in total. The lowest BCUT2D eigenvalue weighted by atomic mass is 10.0. The molecule has 26 heavy (non-hydrogen) atoms. The summed E-state index contributed by atoms with van der Waals surface area (Å²) in [5, 5.41) is 8.98. The Morgan fingerprint density at radius 3 is 2.15 bits per heavy atom. The molecule has 0 aliphatic carbocycles. The van der Waals surface area contributed by atoms with Crippen LogP contribution in [0.2, 0.25) is 0 Å². The Morgan fingerprint density at radius 2 is 1.58 bits per heavy atom. The van der Waals surface area contributed by atoms with Crippen LogP contribution in [0.5, 0.6) is 0 Å². The van der Waals surface area contributed by atoms with Crippen LogP contribution < -0.4 is 16.0 Å². The Bertz CT molecular complexity index is 712. The molecule has 5 nitrogen and oxygen atoms in total. The first-order valence-corrected chi connectivity index (χ1v) is 8.98. The van der Waals surface area contributed by atoms with Crippen molar-refractivity contribution in [1.82, 2.24) is 10.6 Å². The molecule has 0 radical (unpaired) electrons. The molecule has 0 saturated carbocycles. The number of amides is 2. The molecular weight excluding hydrogens is 326 g/mol. The van der Waals surface area contributed by atoms with Crippen molar-refractivity contribution in [3.05, 3.63) is 65.7 Å². The van der Waals surface area contributed by atoms with E-state index in [-0.39, 0.29) is 30.4 Å². The SMILES string of the molecule is CCC(NC(=O)CNc1ccc(C(=O)NC(C)C)cc1)c1ccccc1. The van der Waals surface area contributed by atoms with Crippen LogP contribution in [0.4, 0.5) is 5.69 Å². The van der Waals surface area contributed by atoms with Gasteiger partial charge in [0.05, 0.1) is 12.6 Å². The zero-order valence-corrected chi connectivity index (χ0v) is 15.6. The molecule has 0 saturated heterocycles. The fraction of sp³-hybridized carbons (Fsp3) is 0.333. The maximum Gasteiger partial charge on any atom is 0.251 e. The van der Waals surface area contributed by atoms with Gasteiger partial charge in [-0.15, -0.1) is 0 Å². The second kappa shape index (κ2) is 9.61. The van der Waals surface area contributed by atoms with Crippen molar-refractivity contribution < 1.29 is 9.59 Å². The van der Waals surface area contributed by atoms with Gasteiger partial charge in [0, 0.05) is 17.3 Å². The highest BCUT2D eigenvalue weighted by Gasteiger charge is 2.12. The van der Waals surface area contributed by atoms with Crippen molar-refractivity contribution in [1.29, 1.82) is 0 Å². The molecule has 0 heterocycles. The molecule has 2 aromatic carbocycles. The van der Waals surface area contributed by atoms with Crippen LogP contribution in [0.1, 0.15) is 49.2 Å². The standard InChI is InChI=1S/C21H27N3O2/c1-4-19(16-8-6-5-7-9-16)24-20(25)14-22-18-12-10-17(11-13-18)21(26)23-15(2)3/h5-13,15,19,22H,4,14H2,1-3H3,(H,23,26)(H,24,25). The number of anilines is 1. The van der Waals surface area contributed by atoms with Gasteiger partial charge in [-0.3, -0.25) is 9.59 Å². The molecule has 138 valence electrons. The molecule has 0 aliphatic rings. The average molecular weight is 353 g/mol.